The van der Waals surface area contributed by atoms with Gasteiger partial charge in [0, 0.05) is 5.56 Å². The highest BCUT2D eigenvalue weighted by Gasteiger charge is 2.30. The molecule has 0 radical (unpaired) electrons. The van der Waals surface area contributed by atoms with Crippen molar-refractivity contribution in [1.29, 1.82) is 0 Å². The summed E-state index contributed by atoms with van der Waals surface area (Å²) in [6, 6.07) is 28.4. The van der Waals surface area contributed by atoms with Crippen LogP contribution in [0.1, 0.15) is 10.4 Å². The third kappa shape index (κ3) is 3.63. The lowest BCUT2D eigenvalue weighted by Crippen LogP contribution is -2.36. The number of carbonyl (C=O) groups is 1. The van der Waals surface area contributed by atoms with E-state index in [9.17, 15) is 13.2 Å². The number of rotatable bonds is 6. The quantitative estimate of drug-likeness (QED) is 0.384. The summed E-state index contributed by atoms with van der Waals surface area (Å²) >= 11 is 0. The van der Waals surface area contributed by atoms with Crippen molar-refractivity contribution in [3.05, 3.63) is 103 Å². The number of hydrogen-bond donors (Lipinski definition) is 1. The molecule has 0 aliphatic carbocycles. The van der Waals surface area contributed by atoms with Gasteiger partial charge in [-0.1, -0.05) is 72.8 Å². The maximum atomic E-state index is 13.7. The second-order valence-corrected chi connectivity index (χ2v) is 9.25. The minimum atomic E-state index is -4.08. The lowest BCUT2D eigenvalue weighted by molar-refractivity contribution is 0.100. The molecule has 5 aromatic rings. The van der Waals surface area contributed by atoms with E-state index in [-0.39, 0.29) is 23.2 Å². The minimum Gasteiger partial charge on any atom is -0.323 e. The molecule has 0 saturated carbocycles. The highest BCUT2D eigenvalue weighted by Crippen LogP contribution is 2.27. The van der Waals surface area contributed by atoms with Crippen molar-refractivity contribution in [3.8, 4) is 0 Å². The average Bonchev–Trinajstić information content (AvgIpc) is 3.26. The van der Waals surface area contributed by atoms with Crippen molar-refractivity contribution in [1.82, 2.24) is 9.97 Å². The van der Waals surface area contributed by atoms with Crippen LogP contribution in [0.3, 0.4) is 0 Å². The number of imidazole rings is 1. The molecule has 6 nitrogen and oxygen atoms in total. The molecule has 0 aliphatic heterocycles. The summed E-state index contributed by atoms with van der Waals surface area (Å²) < 4.78 is 28.5. The third-order valence-electron chi connectivity index (χ3n) is 5.31. The number of sulfonamides is 1. The van der Waals surface area contributed by atoms with Crippen LogP contribution in [0, 0.1) is 0 Å². The summed E-state index contributed by atoms with van der Waals surface area (Å²) in [6.07, 6.45) is 0. The fourth-order valence-corrected chi connectivity index (χ4v) is 5.00. The minimum absolute atomic E-state index is 0.0949. The zero-order valence-corrected chi connectivity index (χ0v) is 17.8. The molecule has 7 heteroatoms. The highest BCUT2D eigenvalue weighted by atomic mass is 32.2. The molecule has 0 bridgehead atoms. The number of para-hydroxylation sites is 2. The summed E-state index contributed by atoms with van der Waals surface area (Å²) in [5.74, 6) is -0.223. The number of nitrogens with one attached hydrogen (secondary N) is 1. The second-order valence-electron chi connectivity index (χ2n) is 7.39. The van der Waals surface area contributed by atoms with Gasteiger partial charge in [-0.15, -0.1) is 0 Å². The summed E-state index contributed by atoms with van der Waals surface area (Å²) in [7, 11) is -4.08. The molecule has 5 rings (SSSR count). The van der Waals surface area contributed by atoms with Crippen LogP contribution in [0.5, 0.6) is 0 Å². The Morgan fingerprint density at radius 3 is 2.28 bits per heavy atom. The molecule has 0 atom stereocenters. The van der Waals surface area contributed by atoms with Crippen molar-refractivity contribution in [2.75, 3.05) is 10.8 Å². The summed E-state index contributed by atoms with van der Waals surface area (Å²) in [5.41, 5.74) is 1.74. The van der Waals surface area contributed by atoms with E-state index in [1.165, 1.54) is 0 Å². The van der Waals surface area contributed by atoms with Crippen molar-refractivity contribution < 1.29 is 13.2 Å². The predicted molar refractivity (Wildman–Crippen MR) is 125 cm³/mol. The second kappa shape index (κ2) is 7.94. The molecule has 0 fully saturated rings. The van der Waals surface area contributed by atoms with Gasteiger partial charge >= 0.3 is 0 Å². The van der Waals surface area contributed by atoms with E-state index in [1.54, 1.807) is 54.6 Å². The van der Waals surface area contributed by atoms with Crippen molar-refractivity contribution in [3.63, 3.8) is 0 Å². The van der Waals surface area contributed by atoms with Crippen molar-refractivity contribution in [2.45, 2.75) is 4.90 Å². The smallest absolute Gasteiger partial charge is 0.267 e. The molecule has 1 aromatic heterocycles. The van der Waals surface area contributed by atoms with E-state index in [4.69, 9.17) is 0 Å². The summed E-state index contributed by atoms with van der Waals surface area (Å²) in [4.78, 5) is 20.6. The maximum absolute atomic E-state index is 13.7. The zero-order valence-electron chi connectivity index (χ0n) is 17.0. The first kappa shape index (κ1) is 20.0. The van der Waals surface area contributed by atoms with Crippen molar-refractivity contribution in [2.24, 2.45) is 0 Å². The van der Waals surface area contributed by atoms with Crippen LogP contribution in [0.2, 0.25) is 0 Å². The molecule has 0 aliphatic rings. The molecule has 0 spiro atoms. The molecule has 1 N–H and O–H groups in total. The number of fused-ring (bicyclic) bond motifs is 2. The molecule has 0 saturated heterocycles. The van der Waals surface area contributed by atoms with Gasteiger partial charge < -0.3 is 4.98 Å². The normalized spacial score (nSPS) is 11.6. The molecule has 4 aromatic carbocycles. The molecule has 1 heterocycles. The molecule has 0 amide bonds. The number of hydrogen-bond acceptors (Lipinski definition) is 4. The molecule has 0 unspecified atom stereocenters. The monoisotopic (exact) mass is 441 g/mol. The van der Waals surface area contributed by atoms with Crippen LogP contribution in [0.25, 0.3) is 21.8 Å². The Morgan fingerprint density at radius 2 is 1.50 bits per heavy atom. The van der Waals surface area contributed by atoms with Crippen LogP contribution in [-0.2, 0) is 10.0 Å². The Morgan fingerprint density at radius 1 is 0.812 bits per heavy atom. The van der Waals surface area contributed by atoms with Crippen LogP contribution in [0.4, 0.5) is 5.95 Å². The largest absolute Gasteiger partial charge is 0.323 e. The third-order valence-corrected chi connectivity index (χ3v) is 7.04. The summed E-state index contributed by atoms with van der Waals surface area (Å²) in [5, 5.41) is 1.73. The highest BCUT2D eigenvalue weighted by molar-refractivity contribution is 7.92. The van der Waals surface area contributed by atoms with E-state index >= 15 is 0 Å². The van der Waals surface area contributed by atoms with Crippen LogP contribution >= 0.6 is 0 Å². The maximum Gasteiger partial charge on any atom is 0.267 e. The van der Waals surface area contributed by atoms with Crippen molar-refractivity contribution >= 4 is 43.6 Å². The fraction of sp³-hybridized carbons (Fsp3) is 0.0400. The predicted octanol–water partition coefficient (Wildman–Crippen LogP) is 4.79. The van der Waals surface area contributed by atoms with E-state index in [2.05, 4.69) is 9.97 Å². The van der Waals surface area contributed by atoms with E-state index in [0.29, 0.717) is 16.6 Å². The average molecular weight is 442 g/mol. The van der Waals surface area contributed by atoms with Gasteiger partial charge in [-0.3, -0.25) is 4.79 Å². The Kier molecular flexibility index (Phi) is 4.95. The number of aromatic nitrogens is 2. The molecule has 32 heavy (non-hydrogen) atoms. The Bertz CT molecular complexity index is 1510. The fourth-order valence-electron chi connectivity index (χ4n) is 3.63. The number of anilines is 1. The van der Waals surface area contributed by atoms with E-state index in [1.807, 2.05) is 42.5 Å². The number of ketones is 1. The molecular weight excluding hydrogens is 422 g/mol. The SMILES string of the molecule is O=C(CN(c1nc2ccccc2[nH]1)S(=O)(=O)c1ccc2ccccc2c1)c1ccccc1. The van der Waals surface area contributed by atoms with Crippen LogP contribution in [0.15, 0.2) is 102 Å². The topological polar surface area (TPSA) is 83.1 Å². The van der Waals surface area contributed by atoms with Gasteiger partial charge in [0.25, 0.3) is 10.0 Å². The first-order valence-electron chi connectivity index (χ1n) is 10.1. The number of benzene rings is 4. The van der Waals surface area contributed by atoms with Gasteiger partial charge in [-0.05, 0) is 35.0 Å². The number of H-pyrrole nitrogens is 1. The Balaban J connectivity index is 1.62. The van der Waals surface area contributed by atoms with E-state index < -0.39 is 10.0 Å². The van der Waals surface area contributed by atoms with E-state index in [0.717, 1.165) is 15.1 Å². The van der Waals surface area contributed by atoms with Gasteiger partial charge in [0.05, 0.1) is 15.9 Å². The van der Waals surface area contributed by atoms with Gasteiger partial charge in [0.1, 0.15) is 6.54 Å². The van der Waals surface area contributed by atoms with Gasteiger partial charge in [0.2, 0.25) is 5.95 Å². The van der Waals surface area contributed by atoms with Gasteiger partial charge in [-0.25, -0.2) is 17.7 Å². The van der Waals surface area contributed by atoms with Gasteiger partial charge in [0.15, 0.2) is 5.78 Å². The number of Topliss-reactive ketones (excluding diaryl/α,β-unsaturated/α-hetero) is 1. The number of aromatic amines is 1. The number of carbonyl (C=O) groups excluding carboxylic acids is 1. The Hall–Kier alpha value is -3.97. The first-order chi connectivity index (χ1) is 15.5. The zero-order chi connectivity index (χ0) is 22.1. The first-order valence-corrected chi connectivity index (χ1v) is 11.5. The standard InChI is InChI=1S/C25H19N3O3S/c29-24(19-9-2-1-3-10-19)17-28(25-26-22-12-6-7-13-23(22)27-25)32(30,31)21-15-14-18-8-4-5-11-20(18)16-21/h1-16H,17H2,(H,26,27). The van der Waals surface area contributed by atoms with Crippen LogP contribution in [-0.4, -0.2) is 30.7 Å². The Labute approximate surface area is 185 Å². The molecular formula is C25H19N3O3S. The molecule has 158 valence electrons. The summed E-state index contributed by atoms with van der Waals surface area (Å²) in [6.45, 7) is -0.376. The van der Waals surface area contributed by atoms with Crippen LogP contribution < -0.4 is 4.31 Å². The van der Waals surface area contributed by atoms with Gasteiger partial charge in [-0.2, -0.15) is 0 Å². The lowest BCUT2D eigenvalue weighted by atomic mass is 10.1. The lowest BCUT2D eigenvalue weighted by Gasteiger charge is -2.21. The number of nitrogens with zero attached hydrogens (tertiary/aromatic N) is 2.